The highest BCUT2D eigenvalue weighted by Gasteiger charge is 2.31. The third-order valence-corrected chi connectivity index (χ3v) is 4.53. The van der Waals surface area contributed by atoms with E-state index in [2.05, 4.69) is 20.2 Å². The summed E-state index contributed by atoms with van der Waals surface area (Å²) in [7, 11) is 1.62. The Labute approximate surface area is 144 Å². The normalized spacial score (nSPS) is 18.0. The second kappa shape index (κ2) is 6.64. The van der Waals surface area contributed by atoms with Crippen LogP contribution in [0, 0.1) is 0 Å². The molecule has 4 rings (SSSR count). The van der Waals surface area contributed by atoms with Gasteiger partial charge in [0.15, 0.2) is 11.6 Å². The molecule has 1 fully saturated rings. The summed E-state index contributed by atoms with van der Waals surface area (Å²) in [6.07, 6.45) is 8.30. The lowest BCUT2D eigenvalue weighted by atomic mass is 10.0. The topological polar surface area (TPSA) is 88.4 Å². The Balaban J connectivity index is 1.61. The van der Waals surface area contributed by atoms with Crippen LogP contribution in [0.4, 0.5) is 0 Å². The van der Waals surface area contributed by atoms with Crippen molar-refractivity contribution < 1.29 is 9.53 Å². The molecule has 1 aliphatic rings. The second-order valence-electron chi connectivity index (χ2n) is 6.19. The van der Waals surface area contributed by atoms with E-state index >= 15 is 0 Å². The van der Waals surface area contributed by atoms with E-state index in [9.17, 15) is 4.79 Å². The molecule has 0 radical (unpaired) electrons. The van der Waals surface area contributed by atoms with Gasteiger partial charge in [0.05, 0.1) is 11.6 Å². The average molecular weight is 340 g/mol. The molecular formula is C17H20N6O2. The third-order valence-electron chi connectivity index (χ3n) is 4.53. The van der Waals surface area contributed by atoms with Crippen molar-refractivity contribution in [2.24, 2.45) is 0 Å². The summed E-state index contributed by atoms with van der Waals surface area (Å²) in [5.41, 5.74) is 1.47. The van der Waals surface area contributed by atoms with Crippen LogP contribution >= 0.6 is 0 Å². The van der Waals surface area contributed by atoms with Crippen LogP contribution in [-0.4, -0.2) is 49.0 Å². The number of ether oxygens (including phenoxy) is 1. The minimum Gasteiger partial charge on any atom is -0.377 e. The Morgan fingerprint density at radius 1 is 1.40 bits per heavy atom. The number of methoxy groups -OCH3 is 1. The molecule has 8 nitrogen and oxygen atoms in total. The van der Waals surface area contributed by atoms with Gasteiger partial charge >= 0.3 is 0 Å². The minimum atomic E-state index is -0.110. The zero-order valence-corrected chi connectivity index (χ0v) is 14.1. The van der Waals surface area contributed by atoms with Gasteiger partial charge in [-0.15, -0.1) is 0 Å². The Morgan fingerprint density at radius 3 is 3.20 bits per heavy atom. The van der Waals surface area contributed by atoms with E-state index in [0.717, 1.165) is 24.9 Å². The highest BCUT2D eigenvalue weighted by atomic mass is 16.5. The van der Waals surface area contributed by atoms with Crippen molar-refractivity contribution in [3.05, 3.63) is 47.9 Å². The number of fused-ring (bicyclic) bond motifs is 1. The van der Waals surface area contributed by atoms with Gasteiger partial charge in [0.1, 0.15) is 12.3 Å². The highest BCUT2D eigenvalue weighted by Crippen LogP contribution is 2.30. The first-order valence-electron chi connectivity index (χ1n) is 8.40. The van der Waals surface area contributed by atoms with Gasteiger partial charge in [-0.1, -0.05) is 0 Å². The number of carbonyl (C=O) groups is 1. The molecule has 0 saturated carbocycles. The number of nitrogens with zero attached hydrogens (tertiary/aromatic N) is 5. The predicted molar refractivity (Wildman–Crippen MR) is 89.9 cm³/mol. The lowest BCUT2D eigenvalue weighted by molar-refractivity contribution is 0.0599. The van der Waals surface area contributed by atoms with Crippen LogP contribution in [0.1, 0.15) is 47.3 Å². The zero-order chi connectivity index (χ0) is 17.2. The van der Waals surface area contributed by atoms with E-state index < -0.39 is 0 Å². The van der Waals surface area contributed by atoms with Gasteiger partial charge in [0, 0.05) is 32.2 Å². The molecule has 1 N–H and O–H groups in total. The lowest BCUT2D eigenvalue weighted by Crippen LogP contribution is -2.39. The van der Waals surface area contributed by atoms with Crippen molar-refractivity contribution >= 4 is 11.6 Å². The second-order valence-corrected chi connectivity index (χ2v) is 6.19. The van der Waals surface area contributed by atoms with Crippen LogP contribution in [-0.2, 0) is 11.3 Å². The van der Waals surface area contributed by atoms with Crippen molar-refractivity contribution in [1.29, 1.82) is 0 Å². The monoisotopic (exact) mass is 340 g/mol. The lowest BCUT2D eigenvalue weighted by Gasteiger charge is -2.34. The van der Waals surface area contributed by atoms with Gasteiger partial charge in [0.25, 0.3) is 5.91 Å². The standard InChI is InChI=1S/C17H20N6O2/c1-25-11-14-19-16(21-20-14)13-4-2-3-8-23(13)17(24)12-5-6-15-18-7-9-22(15)10-12/h5-7,9-10,13H,2-4,8,11H2,1H3,(H,19,20,21). The summed E-state index contributed by atoms with van der Waals surface area (Å²) in [5, 5.41) is 7.19. The van der Waals surface area contributed by atoms with Crippen molar-refractivity contribution in [1.82, 2.24) is 29.5 Å². The minimum absolute atomic E-state index is 0.00149. The smallest absolute Gasteiger partial charge is 0.255 e. The Morgan fingerprint density at radius 2 is 2.32 bits per heavy atom. The van der Waals surface area contributed by atoms with Crippen molar-refractivity contribution in [3.8, 4) is 0 Å². The number of likely N-dealkylation sites (tertiary alicyclic amines) is 1. The van der Waals surface area contributed by atoms with Crippen molar-refractivity contribution in [2.75, 3.05) is 13.7 Å². The van der Waals surface area contributed by atoms with Crippen LogP contribution in [0.15, 0.2) is 30.7 Å². The Hall–Kier alpha value is -2.74. The molecule has 0 aromatic carbocycles. The summed E-state index contributed by atoms with van der Waals surface area (Å²) >= 11 is 0. The summed E-state index contributed by atoms with van der Waals surface area (Å²) in [6.45, 7) is 1.09. The number of aromatic amines is 1. The van der Waals surface area contributed by atoms with Crippen LogP contribution in [0.25, 0.3) is 5.65 Å². The molecule has 4 heterocycles. The zero-order valence-electron chi connectivity index (χ0n) is 14.1. The van der Waals surface area contributed by atoms with Crippen LogP contribution in [0.2, 0.25) is 0 Å². The van der Waals surface area contributed by atoms with Crippen LogP contribution < -0.4 is 0 Å². The molecule has 1 atom stereocenters. The summed E-state index contributed by atoms with van der Waals surface area (Å²) in [6, 6.07) is 3.57. The maximum absolute atomic E-state index is 13.1. The van der Waals surface area contributed by atoms with E-state index in [1.807, 2.05) is 33.8 Å². The first-order chi connectivity index (χ1) is 12.3. The fraction of sp³-hybridized carbons (Fsp3) is 0.412. The maximum atomic E-state index is 13.1. The number of aromatic nitrogens is 5. The number of piperidine rings is 1. The van der Waals surface area contributed by atoms with Crippen molar-refractivity contribution in [3.63, 3.8) is 0 Å². The van der Waals surface area contributed by atoms with E-state index in [4.69, 9.17) is 4.74 Å². The molecule has 1 aliphatic heterocycles. The van der Waals surface area contributed by atoms with Crippen molar-refractivity contribution in [2.45, 2.75) is 31.9 Å². The van der Waals surface area contributed by atoms with Gasteiger partial charge < -0.3 is 14.0 Å². The molecule has 1 saturated heterocycles. The van der Waals surface area contributed by atoms with E-state index in [-0.39, 0.29) is 11.9 Å². The number of hydrogen-bond donors (Lipinski definition) is 1. The fourth-order valence-electron chi connectivity index (χ4n) is 3.32. The third kappa shape index (κ3) is 3.00. The van der Waals surface area contributed by atoms with Gasteiger partial charge in [0.2, 0.25) is 0 Å². The number of carbonyl (C=O) groups excluding carboxylic acids is 1. The molecule has 3 aromatic rings. The first-order valence-corrected chi connectivity index (χ1v) is 8.40. The molecule has 0 aliphatic carbocycles. The molecule has 25 heavy (non-hydrogen) atoms. The molecular weight excluding hydrogens is 320 g/mol. The number of H-pyrrole nitrogens is 1. The number of nitrogens with one attached hydrogen (secondary N) is 1. The van der Waals surface area contributed by atoms with Gasteiger partial charge in [-0.25, -0.2) is 9.97 Å². The van der Waals surface area contributed by atoms with Crippen LogP contribution in [0.3, 0.4) is 0 Å². The predicted octanol–water partition coefficient (Wildman–Crippen LogP) is 1.97. The number of imidazole rings is 1. The average Bonchev–Trinajstić information content (AvgIpc) is 3.30. The van der Waals surface area contributed by atoms with Crippen LogP contribution in [0.5, 0.6) is 0 Å². The van der Waals surface area contributed by atoms with E-state index in [1.165, 1.54) is 0 Å². The van der Waals surface area contributed by atoms with E-state index in [0.29, 0.717) is 30.4 Å². The highest BCUT2D eigenvalue weighted by molar-refractivity contribution is 5.94. The largest absolute Gasteiger partial charge is 0.377 e. The Kier molecular flexibility index (Phi) is 4.19. The summed E-state index contributed by atoms with van der Waals surface area (Å²) in [5.74, 6) is 1.33. The number of hydrogen-bond acceptors (Lipinski definition) is 5. The maximum Gasteiger partial charge on any atom is 0.255 e. The van der Waals surface area contributed by atoms with Gasteiger partial charge in [-0.2, -0.15) is 5.10 Å². The molecule has 130 valence electrons. The SMILES string of the molecule is COCc1nc(C2CCCCN2C(=O)c2ccc3nccn3c2)n[nH]1. The summed E-state index contributed by atoms with van der Waals surface area (Å²) in [4.78, 5) is 23.7. The van der Waals surface area contributed by atoms with Gasteiger partial charge in [-0.3, -0.25) is 9.89 Å². The molecule has 8 heteroatoms. The molecule has 3 aromatic heterocycles. The number of amides is 1. The molecule has 0 bridgehead atoms. The quantitative estimate of drug-likeness (QED) is 0.784. The molecule has 1 unspecified atom stereocenters. The number of pyridine rings is 1. The fourth-order valence-corrected chi connectivity index (χ4v) is 3.32. The Bertz CT molecular complexity index is 886. The molecule has 1 amide bonds. The number of rotatable bonds is 4. The van der Waals surface area contributed by atoms with Gasteiger partial charge in [-0.05, 0) is 31.4 Å². The summed E-state index contributed by atoms with van der Waals surface area (Å²) < 4.78 is 6.94. The van der Waals surface area contributed by atoms with E-state index in [1.54, 1.807) is 13.3 Å². The first kappa shape index (κ1) is 15.8. The molecule has 0 spiro atoms.